The van der Waals surface area contributed by atoms with E-state index in [2.05, 4.69) is 0 Å². The quantitative estimate of drug-likeness (QED) is 0.326. The van der Waals surface area contributed by atoms with Crippen LogP contribution in [-0.4, -0.2) is 10.0 Å². The number of hydrogen-bond acceptors (Lipinski definition) is 5. The lowest BCUT2D eigenvalue weighted by atomic mass is 10.2. The number of anilines is 1. The number of nitro groups is 1. The predicted octanol–water partition coefficient (Wildman–Crippen LogP) is 2.10. The lowest BCUT2D eigenvalue weighted by Gasteiger charge is -2.00. The van der Waals surface area contributed by atoms with Gasteiger partial charge in [0.2, 0.25) is 0 Å². The maximum Gasteiger partial charge on any atom is 0.296 e. The van der Waals surface area contributed by atoms with Gasteiger partial charge in [-0.05, 0) is 11.4 Å². The SMILES string of the molecule is Nc1c([N+](=O)[O-])cc2ccsc2c1O. The molecule has 5 nitrogen and oxygen atoms in total. The maximum atomic E-state index is 10.6. The van der Waals surface area contributed by atoms with Crippen LogP contribution in [0.2, 0.25) is 0 Å². The molecule has 3 N–H and O–H groups in total. The number of rotatable bonds is 1. The van der Waals surface area contributed by atoms with Crippen LogP contribution in [0.15, 0.2) is 17.5 Å². The summed E-state index contributed by atoms with van der Waals surface area (Å²) in [4.78, 5) is 9.95. The van der Waals surface area contributed by atoms with Gasteiger partial charge >= 0.3 is 0 Å². The molecule has 0 bridgehead atoms. The van der Waals surface area contributed by atoms with Crippen LogP contribution < -0.4 is 5.73 Å². The van der Waals surface area contributed by atoms with Gasteiger partial charge in [-0.15, -0.1) is 11.3 Å². The van der Waals surface area contributed by atoms with Crippen molar-refractivity contribution in [3.8, 4) is 5.75 Å². The van der Waals surface area contributed by atoms with Gasteiger partial charge in [-0.25, -0.2) is 0 Å². The number of thiophene rings is 1. The van der Waals surface area contributed by atoms with Gasteiger partial charge < -0.3 is 10.8 Å². The van der Waals surface area contributed by atoms with Gasteiger partial charge in [-0.3, -0.25) is 10.1 Å². The van der Waals surface area contributed by atoms with Crippen LogP contribution in [0.4, 0.5) is 11.4 Å². The Morgan fingerprint density at radius 1 is 1.57 bits per heavy atom. The third-order valence-electron chi connectivity index (χ3n) is 1.93. The third kappa shape index (κ3) is 1.08. The highest BCUT2D eigenvalue weighted by molar-refractivity contribution is 7.17. The highest BCUT2D eigenvalue weighted by atomic mass is 32.1. The van der Waals surface area contributed by atoms with E-state index in [1.165, 1.54) is 17.4 Å². The molecular weight excluding hydrogens is 204 g/mol. The minimum absolute atomic E-state index is 0.176. The third-order valence-corrected chi connectivity index (χ3v) is 2.87. The molecule has 0 atom stereocenters. The van der Waals surface area contributed by atoms with Gasteiger partial charge in [-0.1, -0.05) is 0 Å². The predicted molar refractivity (Wildman–Crippen MR) is 54.6 cm³/mol. The lowest BCUT2D eigenvalue weighted by Crippen LogP contribution is -1.95. The van der Waals surface area contributed by atoms with Crippen molar-refractivity contribution in [3.05, 3.63) is 27.6 Å². The van der Waals surface area contributed by atoms with Gasteiger partial charge in [0, 0.05) is 11.5 Å². The summed E-state index contributed by atoms with van der Waals surface area (Å²) in [5.41, 5.74) is 4.99. The molecule has 0 radical (unpaired) electrons. The number of nitro benzene ring substituents is 1. The first-order valence-electron chi connectivity index (χ1n) is 3.74. The highest BCUT2D eigenvalue weighted by Crippen LogP contribution is 2.40. The molecule has 1 heterocycles. The number of nitrogens with zero attached hydrogens (tertiary/aromatic N) is 1. The fourth-order valence-corrected chi connectivity index (χ4v) is 2.08. The van der Waals surface area contributed by atoms with Crippen molar-refractivity contribution < 1.29 is 10.0 Å². The van der Waals surface area contributed by atoms with Crippen molar-refractivity contribution in [2.24, 2.45) is 0 Å². The molecule has 0 fully saturated rings. The van der Waals surface area contributed by atoms with Gasteiger partial charge in [-0.2, -0.15) is 0 Å². The van der Waals surface area contributed by atoms with Gasteiger partial charge in [0.1, 0.15) is 0 Å². The second kappa shape index (κ2) is 2.85. The van der Waals surface area contributed by atoms with Crippen molar-refractivity contribution in [3.63, 3.8) is 0 Å². The summed E-state index contributed by atoms with van der Waals surface area (Å²) in [7, 11) is 0. The zero-order valence-electron chi connectivity index (χ0n) is 6.93. The molecule has 0 spiro atoms. The van der Waals surface area contributed by atoms with Crippen LogP contribution in [0.3, 0.4) is 0 Å². The van der Waals surface area contributed by atoms with E-state index >= 15 is 0 Å². The minimum Gasteiger partial charge on any atom is -0.504 e. The number of aromatic hydroxyl groups is 1. The number of phenolic OH excluding ortho intramolecular Hbond substituents is 1. The molecule has 0 unspecified atom stereocenters. The standard InChI is InChI=1S/C8H6N2O3S/c9-6-5(10(12)13)3-4-1-2-14-8(4)7(6)11/h1-3,11H,9H2. The number of nitrogens with two attached hydrogens (primary N) is 1. The van der Waals surface area contributed by atoms with Crippen LogP contribution in [-0.2, 0) is 0 Å². The first-order chi connectivity index (χ1) is 6.61. The molecule has 0 amide bonds. The average Bonchev–Trinajstić information content (AvgIpc) is 2.58. The van der Waals surface area contributed by atoms with Crippen LogP contribution in [0.25, 0.3) is 10.1 Å². The van der Waals surface area contributed by atoms with Gasteiger partial charge in [0.25, 0.3) is 5.69 Å². The topological polar surface area (TPSA) is 89.4 Å². The summed E-state index contributed by atoms with van der Waals surface area (Å²) in [5, 5.41) is 22.5. The second-order valence-corrected chi connectivity index (χ2v) is 3.67. The Balaban J connectivity index is 2.87. The zero-order valence-corrected chi connectivity index (χ0v) is 7.75. The van der Waals surface area contributed by atoms with Crippen molar-refractivity contribution in [2.75, 3.05) is 5.73 Å². The number of hydrogen-bond donors (Lipinski definition) is 2. The molecule has 1 aromatic carbocycles. The largest absolute Gasteiger partial charge is 0.504 e. The molecule has 0 saturated carbocycles. The molecule has 6 heteroatoms. The van der Waals surface area contributed by atoms with E-state index in [0.29, 0.717) is 10.1 Å². The van der Waals surface area contributed by atoms with Crippen LogP contribution in [0, 0.1) is 10.1 Å². The van der Waals surface area contributed by atoms with Crippen LogP contribution in [0.1, 0.15) is 0 Å². The van der Waals surface area contributed by atoms with Crippen molar-refractivity contribution >= 4 is 32.8 Å². The van der Waals surface area contributed by atoms with Gasteiger partial charge in [0.15, 0.2) is 11.4 Å². The molecule has 2 rings (SSSR count). The Bertz CT molecular complexity index is 521. The maximum absolute atomic E-state index is 10.6. The van der Waals surface area contributed by atoms with E-state index in [0.717, 1.165) is 0 Å². The Kier molecular flexibility index (Phi) is 1.78. The summed E-state index contributed by atoms with van der Waals surface area (Å²) in [6.07, 6.45) is 0. The summed E-state index contributed by atoms with van der Waals surface area (Å²) in [6.45, 7) is 0. The first kappa shape index (κ1) is 8.76. The average molecular weight is 210 g/mol. The Labute approximate surface area is 82.5 Å². The molecule has 1 aromatic heterocycles. The monoisotopic (exact) mass is 210 g/mol. The Morgan fingerprint density at radius 3 is 2.93 bits per heavy atom. The van der Waals surface area contributed by atoms with E-state index in [4.69, 9.17) is 5.73 Å². The Hall–Kier alpha value is -1.82. The first-order valence-corrected chi connectivity index (χ1v) is 4.62. The zero-order chi connectivity index (χ0) is 10.3. The fraction of sp³-hybridized carbons (Fsp3) is 0. The molecule has 0 aliphatic carbocycles. The summed E-state index contributed by atoms with van der Waals surface area (Å²) in [5.74, 6) is -0.204. The lowest BCUT2D eigenvalue weighted by molar-refractivity contribution is -0.383. The van der Waals surface area contributed by atoms with E-state index in [1.807, 2.05) is 0 Å². The normalized spacial score (nSPS) is 10.6. The summed E-state index contributed by atoms with van der Waals surface area (Å²) in [6, 6.07) is 3.06. The Morgan fingerprint density at radius 2 is 2.29 bits per heavy atom. The molecule has 14 heavy (non-hydrogen) atoms. The molecule has 0 saturated heterocycles. The van der Waals surface area contributed by atoms with Crippen molar-refractivity contribution in [1.29, 1.82) is 0 Å². The summed E-state index contributed by atoms with van der Waals surface area (Å²) < 4.78 is 0.577. The number of phenols is 1. The van der Waals surface area contributed by atoms with Crippen molar-refractivity contribution in [1.82, 2.24) is 0 Å². The molecule has 72 valence electrons. The van der Waals surface area contributed by atoms with E-state index < -0.39 is 4.92 Å². The molecule has 0 aliphatic heterocycles. The fourth-order valence-electron chi connectivity index (χ4n) is 1.25. The van der Waals surface area contributed by atoms with E-state index in [1.54, 1.807) is 11.4 Å². The minimum atomic E-state index is -0.605. The summed E-state index contributed by atoms with van der Waals surface area (Å²) >= 11 is 1.30. The highest BCUT2D eigenvalue weighted by Gasteiger charge is 2.18. The number of benzene rings is 1. The van der Waals surface area contributed by atoms with Crippen LogP contribution in [0.5, 0.6) is 5.75 Å². The van der Waals surface area contributed by atoms with Crippen molar-refractivity contribution in [2.45, 2.75) is 0 Å². The van der Waals surface area contributed by atoms with E-state index in [-0.39, 0.29) is 17.1 Å². The van der Waals surface area contributed by atoms with Crippen LogP contribution >= 0.6 is 11.3 Å². The smallest absolute Gasteiger partial charge is 0.296 e. The molecule has 2 aromatic rings. The molecule has 0 aliphatic rings. The molecular formula is C8H6N2O3S. The number of nitrogen functional groups attached to an aromatic ring is 1. The second-order valence-electron chi connectivity index (χ2n) is 2.75. The number of fused-ring (bicyclic) bond motifs is 1. The van der Waals surface area contributed by atoms with E-state index in [9.17, 15) is 15.2 Å². The van der Waals surface area contributed by atoms with Gasteiger partial charge in [0.05, 0.1) is 9.62 Å².